The fourth-order valence-electron chi connectivity index (χ4n) is 5.23. The van der Waals surface area contributed by atoms with Crippen molar-refractivity contribution in [2.24, 2.45) is 10.8 Å². The second kappa shape index (κ2) is 5.78. The van der Waals surface area contributed by atoms with Crippen molar-refractivity contribution in [1.82, 2.24) is 9.64 Å². The second-order valence-electron chi connectivity index (χ2n) is 8.83. The molecule has 2 heterocycles. The SMILES string of the molecule is CCCc1c(CC)c(=O)on1C(=O)N1C[C@]2(C)C[C@H]1CC(C)(C)C2. The van der Waals surface area contributed by atoms with Gasteiger partial charge in [-0.15, -0.1) is 4.74 Å². The van der Waals surface area contributed by atoms with Crippen molar-refractivity contribution in [3.63, 3.8) is 0 Å². The minimum atomic E-state index is -0.358. The van der Waals surface area contributed by atoms with Crippen molar-refractivity contribution in [2.45, 2.75) is 79.2 Å². The molecule has 1 saturated heterocycles. The first-order valence-electron chi connectivity index (χ1n) is 9.25. The predicted octanol–water partition coefficient (Wildman–Crippen LogP) is 3.82. The molecule has 1 aromatic heterocycles. The van der Waals surface area contributed by atoms with Crippen molar-refractivity contribution in [3.05, 3.63) is 21.7 Å². The average molecular weight is 334 g/mol. The lowest BCUT2D eigenvalue weighted by atomic mass is 9.65. The lowest BCUT2D eigenvalue weighted by Gasteiger charge is -2.39. The zero-order valence-corrected chi connectivity index (χ0v) is 15.6. The summed E-state index contributed by atoms with van der Waals surface area (Å²) in [7, 11) is 0. The quantitative estimate of drug-likeness (QED) is 0.844. The molecule has 1 aliphatic heterocycles. The minimum Gasteiger partial charge on any atom is -0.327 e. The van der Waals surface area contributed by atoms with Gasteiger partial charge >= 0.3 is 11.7 Å². The summed E-state index contributed by atoms with van der Waals surface area (Å²) in [5, 5.41) is 0. The van der Waals surface area contributed by atoms with E-state index in [1.54, 1.807) is 0 Å². The van der Waals surface area contributed by atoms with Crippen LogP contribution < -0.4 is 5.63 Å². The van der Waals surface area contributed by atoms with Crippen LogP contribution in [-0.2, 0) is 12.8 Å². The van der Waals surface area contributed by atoms with Crippen LogP contribution in [0.15, 0.2) is 9.32 Å². The van der Waals surface area contributed by atoms with Gasteiger partial charge < -0.3 is 9.42 Å². The van der Waals surface area contributed by atoms with E-state index in [4.69, 9.17) is 4.52 Å². The molecule has 0 unspecified atom stereocenters. The normalized spacial score (nSPS) is 28.4. The molecule has 1 aromatic rings. The first-order chi connectivity index (χ1) is 11.2. The van der Waals surface area contributed by atoms with Crippen molar-refractivity contribution < 1.29 is 9.32 Å². The van der Waals surface area contributed by atoms with Crippen LogP contribution in [0.4, 0.5) is 4.79 Å². The van der Waals surface area contributed by atoms with Gasteiger partial charge in [0, 0.05) is 12.6 Å². The van der Waals surface area contributed by atoms with Crippen molar-refractivity contribution >= 4 is 6.03 Å². The maximum absolute atomic E-state index is 13.2. The van der Waals surface area contributed by atoms with Gasteiger partial charge in [0.1, 0.15) is 0 Å². The van der Waals surface area contributed by atoms with Crippen LogP contribution in [0.25, 0.3) is 0 Å². The number of hydrogen-bond donors (Lipinski definition) is 0. The van der Waals surface area contributed by atoms with Gasteiger partial charge in [-0.05, 0) is 42.9 Å². The van der Waals surface area contributed by atoms with Crippen molar-refractivity contribution in [1.29, 1.82) is 0 Å². The maximum Gasteiger partial charge on any atom is 0.361 e. The molecule has 24 heavy (non-hydrogen) atoms. The van der Waals surface area contributed by atoms with Gasteiger partial charge in [-0.1, -0.05) is 41.0 Å². The van der Waals surface area contributed by atoms with E-state index in [2.05, 4.69) is 27.7 Å². The summed E-state index contributed by atoms with van der Waals surface area (Å²) in [6.07, 6.45) is 5.39. The molecule has 1 saturated carbocycles. The second-order valence-corrected chi connectivity index (χ2v) is 8.83. The maximum atomic E-state index is 13.2. The summed E-state index contributed by atoms with van der Waals surface area (Å²) in [6, 6.07) is 0.0974. The third-order valence-electron chi connectivity index (χ3n) is 5.69. The molecule has 5 nitrogen and oxygen atoms in total. The number of nitrogens with zero attached hydrogens (tertiary/aromatic N) is 2. The highest BCUT2D eigenvalue weighted by Gasteiger charge is 2.51. The Balaban J connectivity index is 1.95. The molecule has 2 fully saturated rings. The molecule has 0 aromatic carbocycles. The van der Waals surface area contributed by atoms with E-state index < -0.39 is 0 Å². The molecule has 0 spiro atoms. The van der Waals surface area contributed by atoms with Gasteiger partial charge in [-0.25, -0.2) is 9.59 Å². The third-order valence-corrected chi connectivity index (χ3v) is 5.69. The topological polar surface area (TPSA) is 55.5 Å². The average Bonchev–Trinajstić information content (AvgIpc) is 2.91. The Morgan fingerprint density at radius 1 is 1.25 bits per heavy atom. The number of fused-ring (bicyclic) bond motifs is 2. The van der Waals surface area contributed by atoms with Crippen LogP contribution in [-0.4, -0.2) is 28.3 Å². The third kappa shape index (κ3) is 2.82. The highest BCUT2D eigenvalue weighted by Crippen LogP contribution is 2.52. The van der Waals surface area contributed by atoms with Gasteiger partial charge in [0.05, 0.1) is 11.3 Å². The summed E-state index contributed by atoms with van der Waals surface area (Å²) < 4.78 is 6.66. The van der Waals surface area contributed by atoms with Gasteiger partial charge in [-0.3, -0.25) is 0 Å². The van der Waals surface area contributed by atoms with Crippen molar-refractivity contribution in [2.75, 3.05) is 6.54 Å². The molecule has 1 amide bonds. The van der Waals surface area contributed by atoms with E-state index in [0.29, 0.717) is 18.4 Å². The Morgan fingerprint density at radius 3 is 2.58 bits per heavy atom. The van der Waals surface area contributed by atoms with Crippen LogP contribution in [0, 0.1) is 10.8 Å². The van der Waals surface area contributed by atoms with E-state index in [1.165, 1.54) is 4.74 Å². The lowest BCUT2D eigenvalue weighted by molar-refractivity contribution is 0.125. The van der Waals surface area contributed by atoms with Gasteiger partial charge in [0.2, 0.25) is 0 Å². The zero-order valence-electron chi connectivity index (χ0n) is 15.6. The van der Waals surface area contributed by atoms with E-state index in [0.717, 1.165) is 37.9 Å². The molecule has 0 N–H and O–H groups in total. The van der Waals surface area contributed by atoms with Gasteiger partial charge in [0.25, 0.3) is 0 Å². The van der Waals surface area contributed by atoms with Crippen LogP contribution >= 0.6 is 0 Å². The number of hydrogen-bond acceptors (Lipinski definition) is 3. The first kappa shape index (κ1) is 17.3. The molecule has 1 aliphatic carbocycles. The molecule has 5 heteroatoms. The van der Waals surface area contributed by atoms with Crippen LogP contribution in [0.3, 0.4) is 0 Å². The van der Waals surface area contributed by atoms with Gasteiger partial charge in [-0.2, -0.15) is 0 Å². The number of amides is 1. The fourth-order valence-corrected chi connectivity index (χ4v) is 5.23. The van der Waals surface area contributed by atoms with Crippen LogP contribution in [0.2, 0.25) is 0 Å². The van der Waals surface area contributed by atoms with Crippen LogP contribution in [0.5, 0.6) is 0 Å². The molecule has 2 aliphatic rings. The van der Waals surface area contributed by atoms with Gasteiger partial charge in [0.15, 0.2) is 0 Å². The summed E-state index contributed by atoms with van der Waals surface area (Å²) in [5.41, 5.74) is 1.49. The highest BCUT2D eigenvalue weighted by atomic mass is 16.5. The van der Waals surface area contributed by atoms with E-state index in [-0.39, 0.29) is 28.5 Å². The standard InChI is InChI=1S/C19H30N2O3/c1-6-8-15-14(7-2)16(22)24-21(15)17(23)20-12-19(5)10-13(20)9-18(3,4)11-19/h13H,6-12H2,1-5H3/t13-,19-/m1/s1. The molecular weight excluding hydrogens is 304 g/mol. The number of carbonyl (C=O) groups is 1. The van der Waals surface area contributed by atoms with Crippen molar-refractivity contribution in [3.8, 4) is 0 Å². The zero-order chi connectivity index (χ0) is 17.7. The monoisotopic (exact) mass is 334 g/mol. The molecular formula is C19H30N2O3. The molecule has 2 atom stereocenters. The highest BCUT2D eigenvalue weighted by molar-refractivity contribution is 5.77. The Kier molecular flexibility index (Phi) is 4.17. The largest absolute Gasteiger partial charge is 0.361 e. The minimum absolute atomic E-state index is 0.151. The first-order valence-corrected chi connectivity index (χ1v) is 9.25. The predicted molar refractivity (Wildman–Crippen MR) is 93.4 cm³/mol. The summed E-state index contributed by atoms with van der Waals surface area (Å²) in [4.78, 5) is 27.3. The summed E-state index contributed by atoms with van der Waals surface area (Å²) in [6.45, 7) is 11.6. The molecule has 0 radical (unpaired) electrons. The fraction of sp³-hybridized carbons (Fsp3) is 0.789. The molecule has 2 bridgehead atoms. The summed E-state index contributed by atoms with van der Waals surface area (Å²) in [5.74, 6) is 0. The Morgan fingerprint density at radius 2 is 1.96 bits per heavy atom. The van der Waals surface area contributed by atoms with E-state index in [1.807, 2.05) is 11.8 Å². The number of likely N-dealkylation sites (tertiary alicyclic amines) is 1. The Labute approximate surface area is 144 Å². The van der Waals surface area contributed by atoms with E-state index >= 15 is 0 Å². The lowest BCUT2D eigenvalue weighted by Crippen LogP contribution is -2.40. The van der Waals surface area contributed by atoms with E-state index in [9.17, 15) is 9.59 Å². The Bertz CT molecular complexity index is 700. The number of rotatable bonds is 3. The van der Waals surface area contributed by atoms with Crippen LogP contribution in [0.1, 0.15) is 71.6 Å². The number of aromatic nitrogens is 1. The molecule has 3 rings (SSSR count). The summed E-state index contributed by atoms with van der Waals surface area (Å²) >= 11 is 0. The number of carbonyl (C=O) groups excluding carboxylic acids is 1. The smallest absolute Gasteiger partial charge is 0.327 e. The Hall–Kier alpha value is -1.52. The molecule has 134 valence electrons.